The molecule has 20 heavy (non-hydrogen) atoms. The summed E-state index contributed by atoms with van der Waals surface area (Å²) < 4.78 is 6.78. The van der Waals surface area contributed by atoms with Crippen molar-refractivity contribution in [1.29, 1.82) is 0 Å². The summed E-state index contributed by atoms with van der Waals surface area (Å²) in [5.74, 6) is 2.62. The second-order valence-corrected chi connectivity index (χ2v) is 7.80. The average Bonchev–Trinajstić information content (AvgIpc) is 2.46. The maximum absolute atomic E-state index is 5.72. The van der Waals surface area contributed by atoms with Crippen molar-refractivity contribution in [2.45, 2.75) is 50.8 Å². The summed E-state index contributed by atoms with van der Waals surface area (Å²) in [5, 5.41) is 0. The van der Waals surface area contributed by atoms with Crippen LogP contribution in [0.15, 0.2) is 22.7 Å². The Bertz CT molecular complexity index is 425. The largest absolute Gasteiger partial charge is 0.492 e. The van der Waals surface area contributed by atoms with Crippen LogP contribution in [-0.2, 0) is 0 Å². The maximum Gasteiger partial charge on any atom is 0.133 e. The van der Waals surface area contributed by atoms with Gasteiger partial charge in [0.2, 0.25) is 0 Å². The molecule has 1 aromatic carbocycles. The summed E-state index contributed by atoms with van der Waals surface area (Å²) in [6.45, 7) is 5.27. The Morgan fingerprint density at radius 1 is 1.25 bits per heavy atom. The average molecular weight is 404 g/mol. The number of hydrogen-bond acceptors (Lipinski definition) is 1. The van der Waals surface area contributed by atoms with Crippen LogP contribution < -0.4 is 4.74 Å². The van der Waals surface area contributed by atoms with E-state index >= 15 is 0 Å². The van der Waals surface area contributed by atoms with Crippen molar-refractivity contribution < 1.29 is 4.74 Å². The lowest BCUT2D eigenvalue weighted by Gasteiger charge is -2.30. The molecule has 1 aliphatic rings. The lowest BCUT2D eigenvalue weighted by atomic mass is 9.80. The van der Waals surface area contributed by atoms with E-state index in [1.165, 1.54) is 31.2 Å². The van der Waals surface area contributed by atoms with Gasteiger partial charge in [-0.25, -0.2) is 0 Å². The maximum atomic E-state index is 5.72. The van der Waals surface area contributed by atoms with Gasteiger partial charge in [-0.2, -0.15) is 0 Å². The van der Waals surface area contributed by atoms with E-state index in [0.717, 1.165) is 35.1 Å². The Hall–Kier alpha value is -0.0200. The second-order valence-electron chi connectivity index (χ2n) is 5.96. The van der Waals surface area contributed by atoms with E-state index in [9.17, 15) is 0 Å². The fourth-order valence-corrected chi connectivity index (χ4v) is 4.19. The molecule has 0 saturated heterocycles. The molecule has 0 amide bonds. The van der Waals surface area contributed by atoms with Gasteiger partial charge in [0.1, 0.15) is 5.75 Å². The van der Waals surface area contributed by atoms with Crippen molar-refractivity contribution in [3.05, 3.63) is 28.2 Å². The Kier molecular flexibility index (Phi) is 6.41. The zero-order valence-electron chi connectivity index (χ0n) is 12.4. The Morgan fingerprint density at radius 3 is 2.55 bits per heavy atom. The number of benzene rings is 1. The van der Waals surface area contributed by atoms with E-state index in [2.05, 4.69) is 63.9 Å². The van der Waals surface area contributed by atoms with E-state index < -0.39 is 0 Å². The summed E-state index contributed by atoms with van der Waals surface area (Å²) in [6.07, 6.45) is 6.44. The van der Waals surface area contributed by atoms with Crippen LogP contribution in [0.3, 0.4) is 0 Å². The molecule has 112 valence electrons. The molecule has 0 heterocycles. The minimum absolute atomic E-state index is 0.464. The molecule has 2 rings (SSSR count). The fourth-order valence-electron chi connectivity index (χ4n) is 2.87. The van der Waals surface area contributed by atoms with Gasteiger partial charge in [0, 0.05) is 4.83 Å². The Balaban J connectivity index is 2.03. The van der Waals surface area contributed by atoms with Crippen molar-refractivity contribution >= 4 is 31.9 Å². The van der Waals surface area contributed by atoms with Crippen molar-refractivity contribution in [2.75, 3.05) is 6.61 Å². The van der Waals surface area contributed by atoms with E-state index in [-0.39, 0.29) is 0 Å². The van der Waals surface area contributed by atoms with Crippen LogP contribution >= 0.6 is 31.9 Å². The number of rotatable bonds is 5. The number of alkyl halides is 1. The molecular formula is C17H24Br2O. The minimum Gasteiger partial charge on any atom is -0.492 e. The standard InChI is InChI=1S/C17H24Br2O/c1-3-10-20-16-9-8-14(11-15(16)18)17(19)13-6-4-12(2)5-7-13/h8-9,11-13,17H,3-7,10H2,1-2H3. The van der Waals surface area contributed by atoms with E-state index in [0.29, 0.717) is 4.83 Å². The van der Waals surface area contributed by atoms with E-state index in [4.69, 9.17) is 4.74 Å². The third-order valence-electron chi connectivity index (χ3n) is 4.21. The number of halogens is 2. The van der Waals surface area contributed by atoms with Crippen molar-refractivity contribution in [1.82, 2.24) is 0 Å². The summed E-state index contributed by atoms with van der Waals surface area (Å²) >= 11 is 7.55. The molecule has 0 spiro atoms. The van der Waals surface area contributed by atoms with Gasteiger partial charge in [0.25, 0.3) is 0 Å². The lowest BCUT2D eigenvalue weighted by molar-refractivity contribution is 0.287. The van der Waals surface area contributed by atoms with Gasteiger partial charge in [-0.15, -0.1) is 0 Å². The van der Waals surface area contributed by atoms with Crippen LogP contribution in [0.2, 0.25) is 0 Å². The molecule has 0 N–H and O–H groups in total. The van der Waals surface area contributed by atoms with Gasteiger partial charge < -0.3 is 4.74 Å². The molecule has 1 fully saturated rings. The van der Waals surface area contributed by atoms with Gasteiger partial charge >= 0.3 is 0 Å². The molecule has 1 aromatic rings. The van der Waals surface area contributed by atoms with Crippen LogP contribution in [0.1, 0.15) is 56.3 Å². The molecule has 0 radical (unpaired) electrons. The minimum atomic E-state index is 0.464. The first-order valence-corrected chi connectivity index (χ1v) is 9.39. The van der Waals surface area contributed by atoms with Gasteiger partial charge in [-0.05, 0) is 64.7 Å². The predicted octanol–water partition coefficient (Wildman–Crippen LogP) is 6.50. The van der Waals surface area contributed by atoms with Gasteiger partial charge in [-0.1, -0.05) is 48.7 Å². The highest BCUT2D eigenvalue weighted by Gasteiger charge is 2.25. The molecule has 1 unspecified atom stereocenters. The predicted molar refractivity (Wildman–Crippen MR) is 92.7 cm³/mol. The first-order valence-electron chi connectivity index (χ1n) is 7.68. The molecule has 1 saturated carbocycles. The third-order valence-corrected chi connectivity index (χ3v) is 6.11. The highest BCUT2D eigenvalue weighted by molar-refractivity contribution is 9.10. The monoisotopic (exact) mass is 402 g/mol. The molecule has 1 atom stereocenters. The van der Waals surface area contributed by atoms with E-state index in [1.807, 2.05) is 0 Å². The fraction of sp³-hybridized carbons (Fsp3) is 0.647. The highest BCUT2D eigenvalue weighted by Crippen LogP contribution is 2.43. The van der Waals surface area contributed by atoms with Crippen LogP contribution in [0, 0.1) is 11.8 Å². The Morgan fingerprint density at radius 2 is 1.95 bits per heavy atom. The number of ether oxygens (including phenoxy) is 1. The van der Waals surface area contributed by atoms with Gasteiger partial charge in [0.05, 0.1) is 11.1 Å². The van der Waals surface area contributed by atoms with Crippen LogP contribution in [0.4, 0.5) is 0 Å². The van der Waals surface area contributed by atoms with Gasteiger partial charge in [-0.3, -0.25) is 0 Å². The quantitative estimate of drug-likeness (QED) is 0.509. The van der Waals surface area contributed by atoms with Crippen LogP contribution in [0.5, 0.6) is 5.75 Å². The summed E-state index contributed by atoms with van der Waals surface area (Å²) in [4.78, 5) is 0.464. The summed E-state index contributed by atoms with van der Waals surface area (Å²) in [6, 6.07) is 6.50. The molecule has 1 aliphatic carbocycles. The summed E-state index contributed by atoms with van der Waals surface area (Å²) in [7, 11) is 0. The van der Waals surface area contributed by atoms with Crippen LogP contribution in [-0.4, -0.2) is 6.61 Å². The first kappa shape index (κ1) is 16.4. The van der Waals surface area contributed by atoms with Crippen LogP contribution in [0.25, 0.3) is 0 Å². The molecule has 0 aromatic heterocycles. The topological polar surface area (TPSA) is 9.23 Å². The number of hydrogen-bond donors (Lipinski definition) is 0. The lowest BCUT2D eigenvalue weighted by Crippen LogP contribution is -2.16. The zero-order valence-corrected chi connectivity index (χ0v) is 15.5. The zero-order chi connectivity index (χ0) is 14.5. The molecule has 0 aliphatic heterocycles. The molecule has 0 bridgehead atoms. The highest BCUT2D eigenvalue weighted by atomic mass is 79.9. The molecular weight excluding hydrogens is 380 g/mol. The van der Waals surface area contributed by atoms with Crippen molar-refractivity contribution in [2.24, 2.45) is 11.8 Å². The molecule has 3 heteroatoms. The SMILES string of the molecule is CCCOc1ccc(C(Br)C2CCC(C)CC2)cc1Br. The van der Waals surface area contributed by atoms with E-state index in [1.54, 1.807) is 0 Å². The first-order chi connectivity index (χ1) is 9.61. The normalized spacial score (nSPS) is 24.4. The van der Waals surface area contributed by atoms with Gasteiger partial charge in [0.15, 0.2) is 0 Å². The Labute approximate surface area is 139 Å². The smallest absolute Gasteiger partial charge is 0.133 e. The second kappa shape index (κ2) is 7.84. The summed E-state index contributed by atoms with van der Waals surface area (Å²) in [5.41, 5.74) is 1.36. The van der Waals surface area contributed by atoms with Crippen molar-refractivity contribution in [3.63, 3.8) is 0 Å². The third kappa shape index (κ3) is 4.24. The van der Waals surface area contributed by atoms with Crippen molar-refractivity contribution in [3.8, 4) is 5.75 Å². The molecule has 1 nitrogen and oxygen atoms in total.